The van der Waals surface area contributed by atoms with Crippen LogP contribution in [0.3, 0.4) is 0 Å². The molecule has 194 valence electrons. The van der Waals surface area contributed by atoms with Gasteiger partial charge in [-0.15, -0.1) is 0 Å². The minimum absolute atomic E-state index is 0.185. The van der Waals surface area contributed by atoms with Gasteiger partial charge in [0.25, 0.3) is 5.91 Å². The van der Waals surface area contributed by atoms with Crippen LogP contribution in [0.2, 0.25) is 5.02 Å². The molecule has 2 N–H and O–H groups in total. The van der Waals surface area contributed by atoms with E-state index >= 15 is 0 Å². The lowest BCUT2D eigenvalue weighted by atomic mass is 9.89. The van der Waals surface area contributed by atoms with Crippen molar-refractivity contribution in [3.8, 4) is 5.75 Å². The molecule has 7 nitrogen and oxygen atoms in total. The second-order valence-corrected chi connectivity index (χ2v) is 10.8. The number of methoxy groups -OCH3 is 1. The highest BCUT2D eigenvalue weighted by Gasteiger charge is 2.27. The van der Waals surface area contributed by atoms with Crippen molar-refractivity contribution >= 4 is 41.0 Å². The van der Waals surface area contributed by atoms with E-state index in [0.29, 0.717) is 35.5 Å². The molecule has 37 heavy (non-hydrogen) atoms. The molecule has 0 unspecified atom stereocenters. The smallest absolute Gasteiger partial charge is 0.252 e. The number of amides is 1. The molecule has 1 amide bonds. The fourth-order valence-electron chi connectivity index (χ4n) is 5.00. The Hall–Kier alpha value is -2.97. The number of rotatable bonds is 9. The van der Waals surface area contributed by atoms with Crippen molar-refractivity contribution in [2.45, 2.75) is 30.8 Å². The van der Waals surface area contributed by atoms with Crippen molar-refractivity contribution in [3.05, 3.63) is 75.9 Å². The number of hydrogen-bond donors (Lipinski definition) is 2. The normalized spacial score (nSPS) is 15.4. The van der Waals surface area contributed by atoms with Gasteiger partial charge in [-0.2, -0.15) is 16.7 Å². The quantitative estimate of drug-likeness (QED) is 0.364. The molecule has 0 saturated carbocycles. The topological polar surface area (TPSA) is 79.4 Å². The number of para-hydroxylation sites is 1. The molecule has 1 aromatic heterocycles. The van der Waals surface area contributed by atoms with Crippen LogP contribution in [0, 0.1) is 5.92 Å². The van der Waals surface area contributed by atoms with Gasteiger partial charge < -0.3 is 20.3 Å². The number of anilines is 2. The zero-order valence-electron chi connectivity index (χ0n) is 21.0. The van der Waals surface area contributed by atoms with E-state index in [-0.39, 0.29) is 5.91 Å². The number of carbonyl (C=O) groups is 1. The molecule has 0 aliphatic carbocycles. The molecule has 0 radical (unpaired) electrons. The molecule has 0 bridgehead atoms. The summed E-state index contributed by atoms with van der Waals surface area (Å²) in [5.74, 6) is 4.99. The third kappa shape index (κ3) is 6.13. The van der Waals surface area contributed by atoms with Crippen LogP contribution in [0.15, 0.2) is 48.5 Å². The number of piperidine rings is 1. The summed E-state index contributed by atoms with van der Waals surface area (Å²) in [5.41, 5.74) is 4.15. The lowest BCUT2D eigenvalue weighted by molar-refractivity contribution is 0.0955. The van der Waals surface area contributed by atoms with Gasteiger partial charge in [0.1, 0.15) is 11.6 Å². The maximum Gasteiger partial charge on any atom is 0.252 e. The highest BCUT2D eigenvalue weighted by Crippen LogP contribution is 2.37. The first kappa shape index (κ1) is 25.7. The van der Waals surface area contributed by atoms with Gasteiger partial charge in [0.15, 0.2) is 0 Å². The summed E-state index contributed by atoms with van der Waals surface area (Å²) < 4.78 is 5.56. The molecule has 2 aliphatic rings. The predicted octanol–water partition coefficient (Wildman–Crippen LogP) is 5.19. The predicted molar refractivity (Wildman–Crippen MR) is 151 cm³/mol. The average Bonchev–Trinajstić information content (AvgIpc) is 3.40. The number of hydrogen-bond acceptors (Lipinski definition) is 7. The van der Waals surface area contributed by atoms with Gasteiger partial charge in [0, 0.05) is 43.2 Å². The van der Waals surface area contributed by atoms with Crippen LogP contribution in [0.25, 0.3) is 0 Å². The molecular formula is C28H32ClN5O2S. The van der Waals surface area contributed by atoms with Crippen LogP contribution < -0.4 is 20.3 Å². The third-order valence-corrected chi connectivity index (χ3v) is 8.28. The van der Waals surface area contributed by atoms with Crippen LogP contribution in [0.5, 0.6) is 5.75 Å². The van der Waals surface area contributed by atoms with Crippen molar-refractivity contribution in [2.24, 2.45) is 5.92 Å². The van der Waals surface area contributed by atoms with Crippen LogP contribution in [-0.4, -0.2) is 49.2 Å². The van der Waals surface area contributed by atoms with E-state index in [1.165, 1.54) is 11.1 Å². The largest absolute Gasteiger partial charge is 0.496 e. The first-order valence-electron chi connectivity index (χ1n) is 12.7. The minimum Gasteiger partial charge on any atom is -0.496 e. The van der Waals surface area contributed by atoms with Gasteiger partial charge in [-0.25, -0.2) is 4.98 Å². The number of thioether (sulfide) groups is 1. The van der Waals surface area contributed by atoms with Crippen molar-refractivity contribution < 1.29 is 9.53 Å². The fourth-order valence-corrected chi connectivity index (χ4v) is 6.25. The first-order valence-corrected chi connectivity index (χ1v) is 14.3. The standard InChI is InChI=1S/C28H32ClN5O2S/c1-36-25-9-5-2-6-20(25)16-19-10-14-34(15-11-19)26-22-17-37-18-24(22)32-28(33-26)31-13-12-30-27(35)21-7-3-4-8-23(21)29/h2-9,19H,10-18H2,1H3,(H,30,35)(H,31,32,33). The Morgan fingerprint density at radius 1 is 1.08 bits per heavy atom. The molecule has 3 heterocycles. The molecule has 9 heteroatoms. The number of benzene rings is 2. The Morgan fingerprint density at radius 3 is 2.68 bits per heavy atom. The SMILES string of the molecule is COc1ccccc1CC1CCN(c2nc(NCCNC(=O)c3ccccc3Cl)nc3c2CSC3)CC1. The van der Waals surface area contributed by atoms with E-state index in [1.807, 2.05) is 30.0 Å². The van der Waals surface area contributed by atoms with E-state index in [0.717, 1.165) is 61.1 Å². The average molecular weight is 538 g/mol. The van der Waals surface area contributed by atoms with Crippen molar-refractivity contribution in [1.29, 1.82) is 0 Å². The maximum atomic E-state index is 12.4. The Balaban J connectivity index is 1.18. The first-order chi connectivity index (χ1) is 18.1. The summed E-state index contributed by atoms with van der Waals surface area (Å²) in [7, 11) is 1.74. The lowest BCUT2D eigenvalue weighted by Gasteiger charge is -2.34. The van der Waals surface area contributed by atoms with E-state index < -0.39 is 0 Å². The fraction of sp³-hybridized carbons (Fsp3) is 0.393. The summed E-state index contributed by atoms with van der Waals surface area (Å²) in [6.07, 6.45) is 3.30. The number of fused-ring (bicyclic) bond motifs is 1. The summed E-state index contributed by atoms with van der Waals surface area (Å²) in [4.78, 5) is 24.5. The third-order valence-electron chi connectivity index (χ3n) is 6.98. The molecule has 0 spiro atoms. The molecule has 0 atom stereocenters. The summed E-state index contributed by atoms with van der Waals surface area (Å²) >= 11 is 8.01. The summed E-state index contributed by atoms with van der Waals surface area (Å²) in [5, 5.41) is 6.67. The van der Waals surface area contributed by atoms with Gasteiger partial charge in [-0.1, -0.05) is 41.9 Å². The molecule has 1 saturated heterocycles. The highest BCUT2D eigenvalue weighted by molar-refractivity contribution is 7.98. The van der Waals surface area contributed by atoms with Gasteiger partial charge in [0.05, 0.1) is 23.4 Å². The lowest BCUT2D eigenvalue weighted by Crippen LogP contribution is -2.36. The number of carbonyl (C=O) groups excluding carboxylic acids is 1. The Bertz CT molecular complexity index is 1250. The van der Waals surface area contributed by atoms with Gasteiger partial charge in [-0.3, -0.25) is 4.79 Å². The number of nitrogens with one attached hydrogen (secondary N) is 2. The molecule has 2 aromatic carbocycles. The van der Waals surface area contributed by atoms with E-state index in [2.05, 4.69) is 27.7 Å². The van der Waals surface area contributed by atoms with Crippen molar-refractivity contribution in [1.82, 2.24) is 15.3 Å². The van der Waals surface area contributed by atoms with Crippen molar-refractivity contribution in [2.75, 3.05) is 43.5 Å². The van der Waals surface area contributed by atoms with Crippen LogP contribution in [-0.2, 0) is 17.9 Å². The zero-order valence-corrected chi connectivity index (χ0v) is 22.6. The van der Waals surface area contributed by atoms with E-state index in [1.54, 1.807) is 25.3 Å². The zero-order chi connectivity index (χ0) is 25.6. The monoisotopic (exact) mass is 537 g/mol. The number of ether oxygens (including phenoxy) is 1. The molecule has 5 rings (SSSR count). The molecular weight excluding hydrogens is 506 g/mol. The second kappa shape index (κ2) is 12.0. The van der Waals surface area contributed by atoms with Gasteiger partial charge in [0.2, 0.25) is 5.95 Å². The molecule has 2 aliphatic heterocycles. The molecule has 1 fully saturated rings. The number of halogens is 1. The Kier molecular flexibility index (Phi) is 8.36. The van der Waals surface area contributed by atoms with Crippen LogP contribution >= 0.6 is 23.4 Å². The van der Waals surface area contributed by atoms with Crippen LogP contribution in [0.4, 0.5) is 11.8 Å². The minimum atomic E-state index is -0.185. The highest BCUT2D eigenvalue weighted by atomic mass is 35.5. The van der Waals surface area contributed by atoms with Gasteiger partial charge >= 0.3 is 0 Å². The summed E-state index contributed by atoms with van der Waals surface area (Å²) in [6, 6.07) is 15.4. The van der Waals surface area contributed by atoms with E-state index in [9.17, 15) is 4.79 Å². The molecule has 3 aromatic rings. The Labute approximate surface area is 227 Å². The Morgan fingerprint density at radius 2 is 1.86 bits per heavy atom. The van der Waals surface area contributed by atoms with Crippen molar-refractivity contribution in [3.63, 3.8) is 0 Å². The summed E-state index contributed by atoms with van der Waals surface area (Å²) in [6.45, 7) is 2.95. The number of nitrogens with zero attached hydrogens (tertiary/aromatic N) is 3. The van der Waals surface area contributed by atoms with Gasteiger partial charge in [-0.05, 0) is 48.9 Å². The number of aromatic nitrogens is 2. The maximum absolute atomic E-state index is 12.4. The van der Waals surface area contributed by atoms with Crippen LogP contribution in [0.1, 0.15) is 40.0 Å². The second-order valence-electron chi connectivity index (χ2n) is 9.40. The van der Waals surface area contributed by atoms with E-state index in [4.69, 9.17) is 26.3 Å².